The van der Waals surface area contributed by atoms with E-state index in [1.165, 1.54) is 6.33 Å². The first kappa shape index (κ1) is 25.1. The number of hydrogen-bond acceptors (Lipinski definition) is 6. The SMILES string of the molecule is Nc1ncnc2c1c(C(=O)c1cccc(NC(=O)Nc3cccc(Oc4ccccc4)c3)c1)cn2C1CCCC1. The Morgan fingerprint density at radius 2 is 1.55 bits per heavy atom. The van der Waals surface area contributed by atoms with E-state index in [-0.39, 0.29) is 17.6 Å². The molecule has 4 N–H and O–H groups in total. The van der Waals surface area contributed by atoms with Gasteiger partial charge in [0.15, 0.2) is 5.78 Å². The standard InChI is InChI=1S/C31H28N6O3/c32-29-27-26(18-37(23-11-4-5-12-23)30(27)34-19-33-29)28(38)20-8-6-9-21(16-20)35-31(39)36-22-10-7-15-25(17-22)40-24-13-2-1-3-14-24/h1-3,6-10,13-19,23H,4-5,11-12H2,(H2,32,33,34)(H2,35,36,39). The van der Waals surface area contributed by atoms with Crippen molar-refractivity contribution in [1.82, 2.24) is 14.5 Å². The lowest BCUT2D eigenvalue weighted by Crippen LogP contribution is -2.19. The number of nitrogen functional groups attached to an aromatic ring is 1. The van der Waals surface area contributed by atoms with Crippen LogP contribution >= 0.6 is 0 Å². The van der Waals surface area contributed by atoms with E-state index in [0.717, 1.165) is 25.7 Å². The molecule has 0 aliphatic heterocycles. The summed E-state index contributed by atoms with van der Waals surface area (Å²) in [5, 5.41) is 6.18. The average molecular weight is 533 g/mol. The van der Waals surface area contributed by atoms with Crippen LogP contribution in [-0.4, -0.2) is 26.3 Å². The molecule has 0 atom stereocenters. The molecule has 1 aliphatic rings. The number of nitrogens with zero attached hydrogens (tertiary/aromatic N) is 3. The number of benzene rings is 3. The number of ether oxygens (including phenoxy) is 1. The molecule has 0 spiro atoms. The van der Waals surface area contributed by atoms with E-state index < -0.39 is 6.03 Å². The van der Waals surface area contributed by atoms with Gasteiger partial charge in [0, 0.05) is 35.2 Å². The maximum absolute atomic E-state index is 13.7. The number of aromatic nitrogens is 3. The molecule has 3 aromatic carbocycles. The normalized spacial score (nSPS) is 13.3. The molecule has 0 unspecified atom stereocenters. The minimum atomic E-state index is -0.447. The molecular formula is C31H28N6O3. The molecular weight excluding hydrogens is 504 g/mol. The van der Waals surface area contributed by atoms with Crippen LogP contribution in [0.15, 0.2) is 91.4 Å². The highest BCUT2D eigenvalue weighted by Gasteiger charge is 2.25. The first-order valence-electron chi connectivity index (χ1n) is 13.2. The second kappa shape index (κ2) is 10.9. The summed E-state index contributed by atoms with van der Waals surface area (Å²) in [4.78, 5) is 35.1. The van der Waals surface area contributed by atoms with Gasteiger partial charge in [-0.1, -0.05) is 49.2 Å². The van der Waals surface area contributed by atoms with Gasteiger partial charge in [-0.05, 0) is 49.2 Å². The predicted octanol–water partition coefficient (Wildman–Crippen LogP) is 6.80. The van der Waals surface area contributed by atoms with Gasteiger partial charge in [-0.25, -0.2) is 14.8 Å². The molecule has 1 aliphatic carbocycles. The molecule has 1 saturated carbocycles. The number of amides is 2. The third kappa shape index (κ3) is 5.22. The molecule has 9 nitrogen and oxygen atoms in total. The monoisotopic (exact) mass is 532 g/mol. The van der Waals surface area contributed by atoms with Crippen LogP contribution in [0.5, 0.6) is 11.5 Å². The van der Waals surface area contributed by atoms with Gasteiger partial charge >= 0.3 is 6.03 Å². The molecule has 2 amide bonds. The van der Waals surface area contributed by atoms with Gasteiger partial charge < -0.3 is 25.7 Å². The van der Waals surface area contributed by atoms with Crippen molar-refractivity contribution in [2.75, 3.05) is 16.4 Å². The van der Waals surface area contributed by atoms with Crippen molar-refractivity contribution in [3.05, 3.63) is 103 Å². The molecule has 1 fully saturated rings. The first-order chi connectivity index (χ1) is 19.5. The smallest absolute Gasteiger partial charge is 0.323 e. The topological polar surface area (TPSA) is 124 Å². The summed E-state index contributed by atoms with van der Waals surface area (Å²) in [7, 11) is 0. The van der Waals surface area contributed by atoms with Gasteiger partial charge in [0.1, 0.15) is 29.3 Å². The number of para-hydroxylation sites is 1. The molecule has 40 heavy (non-hydrogen) atoms. The highest BCUT2D eigenvalue weighted by atomic mass is 16.5. The van der Waals surface area contributed by atoms with Crippen molar-refractivity contribution >= 4 is 40.0 Å². The van der Waals surface area contributed by atoms with Crippen molar-refractivity contribution in [3.8, 4) is 11.5 Å². The summed E-state index contributed by atoms with van der Waals surface area (Å²) < 4.78 is 7.92. The fraction of sp³-hybridized carbons (Fsp3) is 0.161. The van der Waals surface area contributed by atoms with Crippen LogP contribution in [0.4, 0.5) is 22.0 Å². The number of carbonyl (C=O) groups is 2. The molecule has 0 bridgehead atoms. The van der Waals surface area contributed by atoms with E-state index in [2.05, 4.69) is 25.2 Å². The number of nitrogens with two attached hydrogens (primary N) is 1. The molecule has 0 radical (unpaired) electrons. The first-order valence-corrected chi connectivity index (χ1v) is 13.2. The number of urea groups is 1. The van der Waals surface area contributed by atoms with Gasteiger partial charge in [0.25, 0.3) is 0 Å². The second-order valence-corrected chi connectivity index (χ2v) is 9.78. The van der Waals surface area contributed by atoms with Gasteiger partial charge in [-0.15, -0.1) is 0 Å². The Morgan fingerprint density at radius 3 is 2.33 bits per heavy atom. The van der Waals surface area contributed by atoms with Crippen molar-refractivity contribution < 1.29 is 14.3 Å². The molecule has 2 heterocycles. The summed E-state index contributed by atoms with van der Waals surface area (Å²) in [6.45, 7) is 0. The number of ketones is 1. The second-order valence-electron chi connectivity index (χ2n) is 9.78. The minimum Gasteiger partial charge on any atom is -0.457 e. The zero-order chi connectivity index (χ0) is 27.5. The number of carbonyl (C=O) groups excluding carboxylic acids is 2. The van der Waals surface area contributed by atoms with Crippen LogP contribution in [-0.2, 0) is 0 Å². The summed E-state index contributed by atoms with van der Waals surface area (Å²) in [5.74, 6) is 1.36. The van der Waals surface area contributed by atoms with Crippen molar-refractivity contribution in [1.29, 1.82) is 0 Å². The van der Waals surface area contributed by atoms with E-state index in [4.69, 9.17) is 10.5 Å². The van der Waals surface area contributed by atoms with E-state index >= 15 is 0 Å². The number of hydrogen-bond donors (Lipinski definition) is 3. The third-order valence-corrected chi connectivity index (χ3v) is 7.05. The third-order valence-electron chi connectivity index (χ3n) is 7.05. The van der Waals surface area contributed by atoms with E-state index in [0.29, 0.717) is 45.0 Å². The Labute approximate surface area is 231 Å². The Kier molecular flexibility index (Phi) is 6.84. The summed E-state index contributed by atoms with van der Waals surface area (Å²) in [5.41, 5.74) is 8.81. The number of nitrogens with one attached hydrogen (secondary N) is 2. The van der Waals surface area contributed by atoms with Crippen LogP contribution in [0, 0.1) is 0 Å². The van der Waals surface area contributed by atoms with Gasteiger partial charge in [-0.2, -0.15) is 0 Å². The van der Waals surface area contributed by atoms with Crippen LogP contribution in [0.2, 0.25) is 0 Å². The van der Waals surface area contributed by atoms with Crippen LogP contribution in [0.3, 0.4) is 0 Å². The Balaban J connectivity index is 1.19. The summed E-state index contributed by atoms with van der Waals surface area (Å²) in [6, 6.07) is 23.2. The van der Waals surface area contributed by atoms with Gasteiger partial charge in [0.2, 0.25) is 0 Å². The fourth-order valence-electron chi connectivity index (χ4n) is 5.19. The largest absolute Gasteiger partial charge is 0.457 e. The average Bonchev–Trinajstić information content (AvgIpc) is 3.63. The fourth-order valence-corrected chi connectivity index (χ4v) is 5.19. The van der Waals surface area contributed by atoms with Crippen LogP contribution in [0.25, 0.3) is 11.0 Å². The lowest BCUT2D eigenvalue weighted by Gasteiger charge is -2.12. The van der Waals surface area contributed by atoms with Crippen molar-refractivity contribution in [3.63, 3.8) is 0 Å². The molecule has 200 valence electrons. The zero-order valence-electron chi connectivity index (χ0n) is 21.7. The Bertz CT molecular complexity index is 1690. The quantitative estimate of drug-likeness (QED) is 0.198. The van der Waals surface area contributed by atoms with Crippen molar-refractivity contribution in [2.24, 2.45) is 0 Å². The Morgan fingerprint density at radius 1 is 0.850 bits per heavy atom. The van der Waals surface area contributed by atoms with Crippen LogP contribution in [0.1, 0.15) is 47.6 Å². The Hall–Kier alpha value is -5.18. The molecule has 5 aromatic rings. The minimum absolute atomic E-state index is 0.210. The lowest BCUT2D eigenvalue weighted by molar-refractivity contribution is 0.104. The number of rotatable bonds is 7. The number of fused-ring (bicyclic) bond motifs is 1. The van der Waals surface area contributed by atoms with E-state index in [1.54, 1.807) is 42.5 Å². The predicted molar refractivity (Wildman–Crippen MR) is 155 cm³/mol. The number of anilines is 3. The molecule has 9 heteroatoms. The van der Waals surface area contributed by atoms with Crippen molar-refractivity contribution in [2.45, 2.75) is 31.7 Å². The molecule has 0 saturated heterocycles. The zero-order valence-corrected chi connectivity index (χ0v) is 21.7. The maximum atomic E-state index is 13.7. The highest BCUT2D eigenvalue weighted by molar-refractivity contribution is 6.18. The summed E-state index contributed by atoms with van der Waals surface area (Å²) >= 11 is 0. The summed E-state index contributed by atoms with van der Waals surface area (Å²) in [6.07, 6.45) is 7.66. The van der Waals surface area contributed by atoms with Gasteiger partial charge in [-0.3, -0.25) is 4.79 Å². The maximum Gasteiger partial charge on any atom is 0.323 e. The molecule has 6 rings (SSSR count). The van der Waals surface area contributed by atoms with E-state index in [9.17, 15) is 9.59 Å². The lowest BCUT2D eigenvalue weighted by atomic mass is 10.0. The van der Waals surface area contributed by atoms with Gasteiger partial charge in [0.05, 0.1) is 10.9 Å². The molecule has 2 aromatic heterocycles. The van der Waals surface area contributed by atoms with E-state index in [1.807, 2.05) is 42.6 Å². The highest BCUT2D eigenvalue weighted by Crippen LogP contribution is 2.35. The van der Waals surface area contributed by atoms with Crippen LogP contribution < -0.4 is 21.1 Å².